The van der Waals surface area contributed by atoms with Crippen molar-refractivity contribution in [1.29, 1.82) is 0 Å². The smallest absolute Gasteiger partial charge is 0.0593 e. The summed E-state index contributed by atoms with van der Waals surface area (Å²) in [7, 11) is 0. The fourth-order valence-electron chi connectivity index (χ4n) is 0.622. The molecule has 0 aliphatic rings. The number of rotatable bonds is 1. The topological polar surface area (TPSA) is 25.8 Å². The van der Waals surface area contributed by atoms with Crippen LogP contribution in [0.15, 0.2) is 12.4 Å². The molecule has 2 nitrogen and oxygen atoms in total. The molecular weight excluding hydrogens is 112 g/mol. The van der Waals surface area contributed by atoms with Crippen molar-refractivity contribution >= 4 is 0 Å². The van der Waals surface area contributed by atoms with E-state index in [-0.39, 0.29) is 0 Å². The van der Waals surface area contributed by atoms with E-state index in [0.29, 0.717) is 0 Å². The lowest BCUT2D eigenvalue weighted by Gasteiger charge is -1.93. The maximum atomic E-state index is 4.12. The summed E-state index contributed by atoms with van der Waals surface area (Å²) in [5.74, 6) is 0. The molecular formula is C7H9N2. The lowest BCUT2D eigenvalue weighted by molar-refractivity contribution is 0.984. The summed E-state index contributed by atoms with van der Waals surface area (Å²) in [6.45, 7) is 5.70. The minimum Gasteiger partial charge on any atom is -0.261 e. The second kappa shape index (κ2) is 2.58. The van der Waals surface area contributed by atoms with E-state index in [0.717, 1.165) is 17.8 Å². The minimum absolute atomic E-state index is 0.745. The summed E-state index contributed by atoms with van der Waals surface area (Å²) < 4.78 is 0. The predicted molar refractivity (Wildman–Crippen MR) is 35.9 cm³/mol. The van der Waals surface area contributed by atoms with Gasteiger partial charge in [-0.3, -0.25) is 9.97 Å². The van der Waals surface area contributed by atoms with Gasteiger partial charge in [0.1, 0.15) is 0 Å². The molecule has 0 saturated heterocycles. The highest BCUT2D eigenvalue weighted by molar-refractivity contribution is 5.04. The van der Waals surface area contributed by atoms with Gasteiger partial charge in [-0.15, -0.1) is 0 Å². The van der Waals surface area contributed by atoms with Crippen LogP contribution in [0.25, 0.3) is 0 Å². The third-order valence-corrected chi connectivity index (χ3v) is 1.10. The average molecular weight is 121 g/mol. The van der Waals surface area contributed by atoms with Gasteiger partial charge in [0.25, 0.3) is 0 Å². The van der Waals surface area contributed by atoms with Crippen LogP contribution in [0.1, 0.15) is 18.3 Å². The van der Waals surface area contributed by atoms with Crippen LogP contribution in [0.4, 0.5) is 0 Å². The molecule has 1 rings (SSSR count). The van der Waals surface area contributed by atoms with Crippen molar-refractivity contribution in [2.24, 2.45) is 0 Å². The zero-order valence-electron chi connectivity index (χ0n) is 5.46. The normalized spacial score (nSPS) is 9.56. The van der Waals surface area contributed by atoms with Crippen molar-refractivity contribution in [2.75, 3.05) is 0 Å². The summed E-state index contributed by atoms with van der Waals surface area (Å²) in [5.41, 5.74) is 1.75. The van der Waals surface area contributed by atoms with Crippen LogP contribution in [0.2, 0.25) is 0 Å². The van der Waals surface area contributed by atoms with Gasteiger partial charge in [0.15, 0.2) is 0 Å². The van der Waals surface area contributed by atoms with Crippen molar-refractivity contribution < 1.29 is 0 Å². The molecule has 0 amide bonds. The van der Waals surface area contributed by atoms with E-state index in [2.05, 4.69) is 16.9 Å². The van der Waals surface area contributed by atoms with Crippen molar-refractivity contribution in [3.63, 3.8) is 0 Å². The lowest BCUT2D eigenvalue weighted by atomic mass is 10.3. The van der Waals surface area contributed by atoms with Crippen LogP contribution in [0, 0.1) is 6.92 Å². The van der Waals surface area contributed by atoms with Crippen LogP contribution in [-0.2, 0) is 6.42 Å². The second-order valence-corrected chi connectivity index (χ2v) is 1.86. The highest BCUT2D eigenvalue weighted by Crippen LogP contribution is 1.93. The fourth-order valence-corrected chi connectivity index (χ4v) is 0.622. The molecule has 1 aromatic rings. The van der Waals surface area contributed by atoms with E-state index < -0.39 is 0 Å². The molecule has 0 spiro atoms. The third-order valence-electron chi connectivity index (χ3n) is 1.10. The monoisotopic (exact) mass is 121 g/mol. The molecule has 2 heteroatoms. The molecule has 1 aromatic heterocycles. The predicted octanol–water partition coefficient (Wildman–Crippen LogP) is 1.22. The molecule has 0 aliphatic carbocycles. The van der Waals surface area contributed by atoms with Gasteiger partial charge in [0, 0.05) is 12.4 Å². The molecule has 47 valence electrons. The van der Waals surface area contributed by atoms with Gasteiger partial charge in [-0.2, -0.15) is 0 Å². The quantitative estimate of drug-likeness (QED) is 0.558. The number of aryl methyl sites for hydroxylation is 1. The van der Waals surface area contributed by atoms with Gasteiger partial charge in [0.2, 0.25) is 0 Å². The van der Waals surface area contributed by atoms with E-state index in [1.165, 1.54) is 0 Å². The summed E-state index contributed by atoms with van der Waals surface area (Å²) in [4.78, 5) is 8.05. The third kappa shape index (κ3) is 1.49. The number of hydrogen-bond acceptors (Lipinski definition) is 2. The Morgan fingerprint density at radius 1 is 1.56 bits per heavy atom. The molecule has 0 atom stereocenters. The molecule has 0 unspecified atom stereocenters. The number of aromatic nitrogens is 2. The van der Waals surface area contributed by atoms with Crippen molar-refractivity contribution in [3.8, 4) is 0 Å². The maximum absolute atomic E-state index is 4.12. The minimum atomic E-state index is 0.745. The van der Waals surface area contributed by atoms with Crippen LogP contribution < -0.4 is 0 Å². The average Bonchev–Trinajstić information content (AvgIpc) is 1.88. The first kappa shape index (κ1) is 6.20. The molecule has 0 fully saturated rings. The first-order valence-corrected chi connectivity index (χ1v) is 2.96. The van der Waals surface area contributed by atoms with Gasteiger partial charge >= 0.3 is 0 Å². The second-order valence-electron chi connectivity index (χ2n) is 1.86. The van der Waals surface area contributed by atoms with E-state index >= 15 is 0 Å². The molecule has 0 aliphatic heterocycles. The maximum Gasteiger partial charge on any atom is 0.0593 e. The summed E-state index contributed by atoms with van der Waals surface area (Å²) in [5, 5.41) is 0. The highest BCUT2D eigenvalue weighted by Gasteiger charge is 1.88. The molecule has 9 heavy (non-hydrogen) atoms. The van der Waals surface area contributed by atoms with Crippen LogP contribution in [0.5, 0.6) is 0 Å². The van der Waals surface area contributed by atoms with E-state index in [9.17, 15) is 0 Å². The van der Waals surface area contributed by atoms with E-state index in [4.69, 9.17) is 0 Å². The summed E-state index contributed by atoms with van der Waals surface area (Å²) >= 11 is 0. The van der Waals surface area contributed by atoms with Gasteiger partial charge < -0.3 is 0 Å². The molecule has 0 saturated carbocycles. The van der Waals surface area contributed by atoms with E-state index in [1.54, 1.807) is 12.4 Å². The molecule has 0 bridgehead atoms. The zero-order valence-corrected chi connectivity index (χ0v) is 5.46. The van der Waals surface area contributed by atoms with Crippen molar-refractivity contribution in [1.82, 2.24) is 9.97 Å². The Balaban J connectivity index is 2.94. The summed E-state index contributed by atoms with van der Waals surface area (Å²) in [6.07, 6.45) is 4.34. The Bertz CT molecular complexity index is 196. The number of hydrogen-bond donors (Lipinski definition) is 0. The Labute approximate surface area is 55.0 Å². The molecule has 1 radical (unpaired) electrons. The Morgan fingerprint density at radius 2 is 2.33 bits per heavy atom. The van der Waals surface area contributed by atoms with Gasteiger partial charge in [0.05, 0.1) is 11.4 Å². The van der Waals surface area contributed by atoms with Crippen LogP contribution in [-0.4, -0.2) is 9.97 Å². The Morgan fingerprint density at radius 3 is 2.78 bits per heavy atom. The lowest BCUT2D eigenvalue weighted by Crippen LogP contribution is -1.90. The number of nitrogens with zero attached hydrogens (tertiary/aromatic N) is 2. The first-order chi connectivity index (χ1) is 4.33. The summed E-state index contributed by atoms with van der Waals surface area (Å²) in [6, 6.07) is 0. The molecule has 1 heterocycles. The molecule has 0 N–H and O–H groups in total. The highest BCUT2D eigenvalue weighted by atomic mass is 14.8. The zero-order chi connectivity index (χ0) is 6.69. The SMILES string of the molecule is [CH2]c1cncc(CC)n1. The van der Waals surface area contributed by atoms with Crippen molar-refractivity contribution in [2.45, 2.75) is 13.3 Å². The van der Waals surface area contributed by atoms with Gasteiger partial charge in [-0.05, 0) is 13.3 Å². The fraction of sp³-hybridized carbons (Fsp3) is 0.286. The van der Waals surface area contributed by atoms with Gasteiger partial charge in [-0.25, -0.2) is 0 Å². The van der Waals surface area contributed by atoms with Crippen LogP contribution >= 0.6 is 0 Å². The Hall–Kier alpha value is -0.920. The largest absolute Gasteiger partial charge is 0.261 e. The van der Waals surface area contributed by atoms with E-state index in [1.807, 2.05) is 6.92 Å². The standard InChI is InChI=1S/C7H9N2/c1-3-7-5-8-4-6(2)9-7/h4-5H,2-3H2,1H3. The van der Waals surface area contributed by atoms with Crippen LogP contribution in [0.3, 0.4) is 0 Å². The first-order valence-electron chi connectivity index (χ1n) is 2.96. The molecule has 0 aromatic carbocycles. The van der Waals surface area contributed by atoms with Crippen molar-refractivity contribution in [3.05, 3.63) is 30.7 Å². The van der Waals surface area contributed by atoms with Gasteiger partial charge in [-0.1, -0.05) is 6.92 Å². The Kier molecular flexibility index (Phi) is 1.78.